The van der Waals surface area contributed by atoms with Crippen LogP contribution in [0.4, 0.5) is 10.1 Å². The van der Waals surface area contributed by atoms with Crippen LogP contribution in [-0.4, -0.2) is 22.5 Å². The number of carboxylic acids is 1. The molecule has 0 fully saturated rings. The van der Waals surface area contributed by atoms with E-state index in [0.717, 1.165) is 12.1 Å². The first-order valence-corrected chi connectivity index (χ1v) is 5.97. The summed E-state index contributed by atoms with van der Waals surface area (Å²) in [4.78, 5) is 22.8. The van der Waals surface area contributed by atoms with Crippen LogP contribution in [0, 0.1) is 5.82 Å². The molecule has 5 nitrogen and oxygen atoms in total. The number of anilines is 1. The Labute approximate surface area is 110 Å². The number of carboxylic acid groups (broad SMARTS) is 1. The van der Waals surface area contributed by atoms with Crippen molar-refractivity contribution in [3.05, 3.63) is 29.6 Å². The van der Waals surface area contributed by atoms with E-state index in [0.29, 0.717) is 12.8 Å². The molecule has 0 bridgehead atoms. The van der Waals surface area contributed by atoms with Gasteiger partial charge in [-0.05, 0) is 31.0 Å². The highest BCUT2D eigenvalue weighted by atomic mass is 19.1. The third kappa shape index (κ3) is 3.29. The van der Waals surface area contributed by atoms with Gasteiger partial charge < -0.3 is 16.2 Å². The summed E-state index contributed by atoms with van der Waals surface area (Å²) in [5, 5.41) is 11.3. The minimum absolute atomic E-state index is 0.209. The number of aromatic carboxylic acids is 1. The monoisotopic (exact) mass is 268 g/mol. The van der Waals surface area contributed by atoms with E-state index in [1.165, 1.54) is 6.07 Å². The number of hydrogen-bond acceptors (Lipinski definition) is 3. The summed E-state index contributed by atoms with van der Waals surface area (Å²) in [6.45, 7) is 3.58. The van der Waals surface area contributed by atoms with Gasteiger partial charge in [0.1, 0.15) is 5.82 Å². The number of carbonyl (C=O) groups is 2. The SMILES string of the molecule is CCC(N)(CC)C(=O)Nc1ccc(F)c(C(=O)O)c1. The van der Waals surface area contributed by atoms with Gasteiger partial charge in [-0.25, -0.2) is 9.18 Å². The molecule has 0 aliphatic carbocycles. The Balaban J connectivity index is 2.98. The van der Waals surface area contributed by atoms with Crippen LogP contribution in [0.5, 0.6) is 0 Å². The molecule has 0 radical (unpaired) electrons. The summed E-state index contributed by atoms with van der Waals surface area (Å²) >= 11 is 0. The lowest BCUT2D eigenvalue weighted by molar-refractivity contribution is -0.121. The summed E-state index contributed by atoms with van der Waals surface area (Å²) in [5.74, 6) is -2.66. The maximum atomic E-state index is 13.2. The van der Waals surface area contributed by atoms with Crippen molar-refractivity contribution in [3.63, 3.8) is 0 Å². The molecule has 1 aromatic carbocycles. The number of halogens is 1. The Kier molecular flexibility index (Phi) is 4.61. The number of amides is 1. The van der Waals surface area contributed by atoms with Gasteiger partial charge in [-0.3, -0.25) is 4.79 Å². The Morgan fingerprint density at radius 2 is 1.95 bits per heavy atom. The maximum Gasteiger partial charge on any atom is 0.338 e. The van der Waals surface area contributed by atoms with E-state index in [1.54, 1.807) is 13.8 Å². The lowest BCUT2D eigenvalue weighted by Gasteiger charge is -2.25. The molecule has 0 heterocycles. The highest BCUT2D eigenvalue weighted by Gasteiger charge is 2.30. The van der Waals surface area contributed by atoms with Gasteiger partial charge in [-0.2, -0.15) is 0 Å². The van der Waals surface area contributed by atoms with Crippen molar-refractivity contribution in [2.45, 2.75) is 32.2 Å². The minimum Gasteiger partial charge on any atom is -0.478 e. The molecule has 19 heavy (non-hydrogen) atoms. The lowest BCUT2D eigenvalue weighted by atomic mass is 9.93. The molecule has 0 saturated carbocycles. The van der Waals surface area contributed by atoms with E-state index < -0.39 is 28.8 Å². The molecular formula is C13H17FN2O3. The molecule has 0 aromatic heterocycles. The van der Waals surface area contributed by atoms with Crippen molar-refractivity contribution < 1.29 is 19.1 Å². The van der Waals surface area contributed by atoms with Crippen LogP contribution in [0.2, 0.25) is 0 Å². The smallest absolute Gasteiger partial charge is 0.338 e. The summed E-state index contributed by atoms with van der Waals surface area (Å²) in [7, 11) is 0. The topological polar surface area (TPSA) is 92.4 Å². The van der Waals surface area contributed by atoms with Crippen LogP contribution in [0.1, 0.15) is 37.0 Å². The van der Waals surface area contributed by atoms with Gasteiger partial charge in [0.05, 0.1) is 11.1 Å². The van der Waals surface area contributed by atoms with Gasteiger partial charge in [0.15, 0.2) is 0 Å². The van der Waals surface area contributed by atoms with Gasteiger partial charge in [-0.1, -0.05) is 13.8 Å². The van der Waals surface area contributed by atoms with Crippen LogP contribution in [0.25, 0.3) is 0 Å². The second kappa shape index (κ2) is 5.79. The molecule has 0 aliphatic heterocycles. The number of rotatable bonds is 5. The van der Waals surface area contributed by atoms with E-state index in [4.69, 9.17) is 10.8 Å². The van der Waals surface area contributed by atoms with Crippen LogP contribution < -0.4 is 11.1 Å². The first-order valence-electron chi connectivity index (χ1n) is 5.97. The van der Waals surface area contributed by atoms with Gasteiger partial charge in [-0.15, -0.1) is 0 Å². The Morgan fingerprint density at radius 1 is 1.37 bits per heavy atom. The predicted octanol–water partition coefficient (Wildman–Crippen LogP) is 1.98. The quantitative estimate of drug-likeness (QED) is 0.761. The Morgan fingerprint density at radius 3 is 2.42 bits per heavy atom. The van der Waals surface area contributed by atoms with Gasteiger partial charge in [0.2, 0.25) is 5.91 Å². The van der Waals surface area contributed by atoms with Crippen molar-refractivity contribution in [1.82, 2.24) is 0 Å². The van der Waals surface area contributed by atoms with E-state index in [-0.39, 0.29) is 5.69 Å². The van der Waals surface area contributed by atoms with Crippen LogP contribution in [-0.2, 0) is 4.79 Å². The molecule has 1 rings (SSSR count). The van der Waals surface area contributed by atoms with Crippen molar-refractivity contribution >= 4 is 17.6 Å². The Hall–Kier alpha value is -1.95. The van der Waals surface area contributed by atoms with Gasteiger partial charge >= 0.3 is 5.97 Å². The highest BCUT2D eigenvalue weighted by molar-refractivity contribution is 5.99. The van der Waals surface area contributed by atoms with E-state index >= 15 is 0 Å². The second-order valence-electron chi connectivity index (χ2n) is 4.32. The normalized spacial score (nSPS) is 11.2. The zero-order chi connectivity index (χ0) is 14.6. The molecule has 1 amide bonds. The molecule has 0 saturated heterocycles. The van der Waals surface area contributed by atoms with Crippen molar-refractivity contribution in [2.75, 3.05) is 5.32 Å². The fourth-order valence-corrected chi connectivity index (χ4v) is 1.59. The third-order valence-electron chi connectivity index (χ3n) is 3.17. The zero-order valence-electron chi connectivity index (χ0n) is 10.9. The first-order chi connectivity index (χ1) is 8.84. The molecule has 6 heteroatoms. The summed E-state index contributed by atoms with van der Waals surface area (Å²) < 4.78 is 13.2. The average molecular weight is 268 g/mol. The fraction of sp³-hybridized carbons (Fsp3) is 0.385. The number of nitrogens with two attached hydrogens (primary N) is 1. The van der Waals surface area contributed by atoms with Crippen LogP contribution >= 0.6 is 0 Å². The summed E-state index contributed by atoms with van der Waals surface area (Å²) in [6.07, 6.45) is 0.893. The van der Waals surface area contributed by atoms with Gasteiger partial charge in [0.25, 0.3) is 0 Å². The number of nitrogens with one attached hydrogen (secondary N) is 1. The molecule has 104 valence electrons. The van der Waals surface area contributed by atoms with E-state index in [9.17, 15) is 14.0 Å². The largest absolute Gasteiger partial charge is 0.478 e. The third-order valence-corrected chi connectivity index (χ3v) is 3.17. The molecule has 1 aromatic rings. The maximum absolute atomic E-state index is 13.2. The average Bonchev–Trinajstić information content (AvgIpc) is 2.39. The number of carbonyl (C=O) groups excluding carboxylic acids is 1. The van der Waals surface area contributed by atoms with Gasteiger partial charge in [0, 0.05) is 5.69 Å². The number of hydrogen-bond donors (Lipinski definition) is 3. The molecule has 4 N–H and O–H groups in total. The molecule has 0 unspecified atom stereocenters. The van der Waals surface area contributed by atoms with E-state index in [2.05, 4.69) is 5.32 Å². The summed E-state index contributed by atoms with van der Waals surface area (Å²) in [6, 6.07) is 3.36. The second-order valence-corrected chi connectivity index (χ2v) is 4.32. The molecule has 0 aliphatic rings. The van der Waals surface area contributed by atoms with Crippen LogP contribution in [0.15, 0.2) is 18.2 Å². The molecular weight excluding hydrogens is 251 g/mol. The van der Waals surface area contributed by atoms with Crippen molar-refractivity contribution in [3.8, 4) is 0 Å². The zero-order valence-corrected chi connectivity index (χ0v) is 10.9. The fourth-order valence-electron chi connectivity index (χ4n) is 1.59. The van der Waals surface area contributed by atoms with Crippen LogP contribution in [0.3, 0.4) is 0 Å². The first kappa shape index (κ1) is 15.1. The minimum atomic E-state index is -1.39. The van der Waals surface area contributed by atoms with E-state index in [1.807, 2.05) is 0 Å². The predicted molar refractivity (Wildman–Crippen MR) is 69.5 cm³/mol. The number of benzene rings is 1. The summed E-state index contributed by atoms with van der Waals surface area (Å²) in [5.41, 5.74) is 4.61. The van der Waals surface area contributed by atoms with Crippen molar-refractivity contribution in [1.29, 1.82) is 0 Å². The Bertz CT molecular complexity index is 499. The standard InChI is InChI=1S/C13H17FN2O3/c1-3-13(15,4-2)12(19)16-8-5-6-10(14)9(7-8)11(17)18/h5-7H,3-4,15H2,1-2H3,(H,16,19)(H,17,18). The highest BCUT2D eigenvalue weighted by Crippen LogP contribution is 2.18. The molecule has 0 spiro atoms. The molecule has 0 atom stereocenters. The lowest BCUT2D eigenvalue weighted by Crippen LogP contribution is -2.50. The van der Waals surface area contributed by atoms with Crippen molar-refractivity contribution in [2.24, 2.45) is 5.73 Å².